The molecule has 0 amide bonds. The maximum atomic E-state index is 6.60. The van der Waals surface area contributed by atoms with Crippen LogP contribution in [0.15, 0.2) is 205 Å². The number of benzene rings is 9. The van der Waals surface area contributed by atoms with Crippen LogP contribution in [0.5, 0.6) is 0 Å². The van der Waals surface area contributed by atoms with Crippen molar-refractivity contribution in [3.05, 3.63) is 234 Å². The van der Waals surface area contributed by atoms with Crippen LogP contribution >= 0.6 is 0 Å². The highest BCUT2D eigenvalue weighted by atomic mass is 16.3. The molecule has 3 aliphatic carbocycles. The third-order valence-corrected chi connectivity index (χ3v) is 13.9. The van der Waals surface area contributed by atoms with E-state index in [1.165, 1.54) is 77.9 Å². The van der Waals surface area contributed by atoms with E-state index in [0.717, 1.165) is 39.0 Å². The van der Waals surface area contributed by atoms with E-state index < -0.39 is 5.41 Å². The maximum Gasteiger partial charge on any atom is 0.137 e. The van der Waals surface area contributed by atoms with Gasteiger partial charge in [0.05, 0.1) is 22.2 Å². The highest BCUT2D eigenvalue weighted by Crippen LogP contribution is 2.64. The van der Waals surface area contributed by atoms with E-state index in [1.54, 1.807) is 0 Å². The molecule has 60 heavy (non-hydrogen) atoms. The van der Waals surface area contributed by atoms with Crippen LogP contribution in [-0.4, -0.2) is 0 Å². The van der Waals surface area contributed by atoms with Crippen LogP contribution in [0.25, 0.3) is 66.4 Å². The van der Waals surface area contributed by atoms with Gasteiger partial charge in [-0.3, -0.25) is 0 Å². The second kappa shape index (κ2) is 12.1. The minimum Gasteiger partial charge on any atom is -0.456 e. The predicted molar refractivity (Wildman–Crippen MR) is 248 cm³/mol. The molecular weight excluding hydrogens is 727 g/mol. The zero-order valence-electron chi connectivity index (χ0n) is 33.4. The Kier molecular flexibility index (Phi) is 6.74. The summed E-state index contributed by atoms with van der Waals surface area (Å²) in [6.45, 7) is 4.74. The Hall–Kier alpha value is -7.42. The number of hydrogen-bond acceptors (Lipinski definition) is 2. The number of rotatable bonds is 3. The Labute approximate surface area is 349 Å². The number of para-hydroxylation sites is 1. The summed E-state index contributed by atoms with van der Waals surface area (Å²) in [4.78, 5) is 2.53. The first-order valence-electron chi connectivity index (χ1n) is 21.0. The lowest BCUT2D eigenvalue weighted by atomic mass is 9.66. The van der Waals surface area contributed by atoms with Crippen LogP contribution in [0.2, 0.25) is 0 Å². The first kappa shape index (κ1) is 33.5. The lowest BCUT2D eigenvalue weighted by Gasteiger charge is -2.36. The van der Waals surface area contributed by atoms with Gasteiger partial charge in [-0.1, -0.05) is 178 Å². The van der Waals surface area contributed by atoms with Crippen molar-refractivity contribution in [2.45, 2.75) is 24.7 Å². The van der Waals surface area contributed by atoms with Crippen molar-refractivity contribution < 1.29 is 4.42 Å². The van der Waals surface area contributed by atoms with Gasteiger partial charge >= 0.3 is 0 Å². The zero-order chi connectivity index (χ0) is 39.7. The highest BCUT2D eigenvalue weighted by molar-refractivity contribution is 6.14. The predicted octanol–water partition coefficient (Wildman–Crippen LogP) is 15.4. The zero-order valence-corrected chi connectivity index (χ0v) is 33.4. The smallest absolute Gasteiger partial charge is 0.137 e. The van der Waals surface area contributed by atoms with Crippen molar-refractivity contribution in [3.63, 3.8) is 0 Å². The van der Waals surface area contributed by atoms with E-state index in [-0.39, 0.29) is 5.41 Å². The van der Waals surface area contributed by atoms with Gasteiger partial charge in [0.15, 0.2) is 0 Å². The van der Waals surface area contributed by atoms with Crippen LogP contribution < -0.4 is 4.90 Å². The van der Waals surface area contributed by atoms with Gasteiger partial charge in [0, 0.05) is 22.1 Å². The summed E-state index contributed by atoms with van der Waals surface area (Å²) >= 11 is 0. The molecule has 0 bridgehead atoms. The molecule has 2 nitrogen and oxygen atoms in total. The first-order chi connectivity index (χ1) is 29.5. The molecule has 0 fully saturated rings. The van der Waals surface area contributed by atoms with E-state index in [0.29, 0.717) is 0 Å². The van der Waals surface area contributed by atoms with Crippen LogP contribution in [0.1, 0.15) is 47.2 Å². The fraction of sp³-hybridized carbons (Fsp3) is 0.0690. The molecule has 1 spiro atoms. The number of nitrogens with zero attached hydrogens (tertiary/aromatic N) is 1. The van der Waals surface area contributed by atoms with Gasteiger partial charge in [0.2, 0.25) is 0 Å². The largest absolute Gasteiger partial charge is 0.456 e. The van der Waals surface area contributed by atoms with Crippen LogP contribution in [0, 0.1) is 0 Å². The lowest BCUT2D eigenvalue weighted by molar-refractivity contribution is 0.660. The molecule has 0 radical (unpaired) electrons. The fourth-order valence-electron chi connectivity index (χ4n) is 11.4. The molecule has 0 saturated heterocycles. The summed E-state index contributed by atoms with van der Waals surface area (Å²) < 4.78 is 6.60. The quantitative estimate of drug-likeness (QED) is 0.178. The van der Waals surface area contributed by atoms with Crippen molar-refractivity contribution in [1.82, 2.24) is 0 Å². The number of furan rings is 1. The van der Waals surface area contributed by atoms with Crippen LogP contribution in [-0.2, 0) is 10.8 Å². The second-order valence-electron chi connectivity index (χ2n) is 17.1. The first-order valence-corrected chi connectivity index (χ1v) is 21.0. The molecular formula is C58H39NO. The molecule has 282 valence electrons. The summed E-state index contributed by atoms with van der Waals surface area (Å²) in [6.07, 6.45) is 0. The molecule has 13 rings (SSSR count). The molecule has 10 aromatic rings. The molecule has 0 unspecified atom stereocenters. The number of anilines is 3. The van der Waals surface area contributed by atoms with Gasteiger partial charge in [0.1, 0.15) is 11.2 Å². The molecule has 3 aliphatic rings. The van der Waals surface area contributed by atoms with Gasteiger partial charge in [-0.05, 0) is 109 Å². The van der Waals surface area contributed by atoms with E-state index >= 15 is 0 Å². The van der Waals surface area contributed by atoms with Crippen molar-refractivity contribution in [3.8, 4) is 44.5 Å². The molecule has 0 N–H and O–H groups in total. The van der Waals surface area contributed by atoms with Gasteiger partial charge in [-0.25, -0.2) is 0 Å². The Morgan fingerprint density at radius 3 is 1.55 bits per heavy atom. The number of fused-ring (bicyclic) bond motifs is 18. The van der Waals surface area contributed by atoms with E-state index in [9.17, 15) is 0 Å². The van der Waals surface area contributed by atoms with E-state index in [2.05, 4.69) is 219 Å². The maximum absolute atomic E-state index is 6.60. The molecule has 2 heteroatoms. The average molecular weight is 766 g/mol. The van der Waals surface area contributed by atoms with Crippen molar-refractivity contribution in [2.24, 2.45) is 0 Å². The van der Waals surface area contributed by atoms with E-state index in [4.69, 9.17) is 4.42 Å². The van der Waals surface area contributed by atoms with Crippen LogP contribution in [0.4, 0.5) is 17.1 Å². The fourth-order valence-corrected chi connectivity index (χ4v) is 11.4. The number of hydrogen-bond donors (Lipinski definition) is 0. The second-order valence-corrected chi connectivity index (χ2v) is 17.1. The Morgan fingerprint density at radius 2 is 0.850 bits per heavy atom. The summed E-state index contributed by atoms with van der Waals surface area (Å²) in [6, 6.07) is 74.5. The molecule has 0 aliphatic heterocycles. The highest BCUT2D eigenvalue weighted by Gasteiger charge is 2.50. The van der Waals surface area contributed by atoms with Crippen molar-refractivity contribution in [1.29, 1.82) is 0 Å². The molecule has 0 saturated carbocycles. The third kappa shape index (κ3) is 4.22. The average Bonchev–Trinajstić information content (AvgIpc) is 3.88. The molecule has 9 aromatic carbocycles. The van der Waals surface area contributed by atoms with Gasteiger partial charge in [-0.2, -0.15) is 0 Å². The monoisotopic (exact) mass is 765 g/mol. The summed E-state index contributed by atoms with van der Waals surface area (Å²) in [7, 11) is 0. The Bertz CT molecular complexity index is 3370. The lowest BCUT2D eigenvalue weighted by Crippen LogP contribution is -2.29. The van der Waals surface area contributed by atoms with E-state index in [1.807, 2.05) is 0 Å². The van der Waals surface area contributed by atoms with Crippen molar-refractivity contribution in [2.75, 3.05) is 4.90 Å². The Balaban J connectivity index is 1.16. The summed E-state index contributed by atoms with van der Waals surface area (Å²) in [5, 5.41) is 2.21. The van der Waals surface area contributed by atoms with Gasteiger partial charge in [-0.15, -0.1) is 0 Å². The molecule has 0 atom stereocenters. The topological polar surface area (TPSA) is 16.4 Å². The normalized spacial score (nSPS) is 14.4. The van der Waals surface area contributed by atoms with Gasteiger partial charge < -0.3 is 9.32 Å². The Morgan fingerprint density at radius 1 is 0.367 bits per heavy atom. The summed E-state index contributed by atoms with van der Waals surface area (Å²) in [5.41, 5.74) is 22.5. The van der Waals surface area contributed by atoms with Crippen molar-refractivity contribution >= 4 is 39.0 Å². The van der Waals surface area contributed by atoms with Gasteiger partial charge in [0.25, 0.3) is 0 Å². The minimum absolute atomic E-state index is 0.167. The molecule has 1 heterocycles. The third-order valence-electron chi connectivity index (χ3n) is 13.9. The minimum atomic E-state index is -0.588. The van der Waals surface area contributed by atoms with Crippen LogP contribution in [0.3, 0.4) is 0 Å². The standard InChI is InChI=1S/C58H39NO/c1-57(2)45-24-10-5-21-41(45)42-34-33-36(35-50(42)57)59(52-30-16-32-54-56(52)44-23-9-14-31-53(44)60-54)51-29-15-28-49-55(51)43-22-8-13-27-48(43)58(49)46-25-11-6-19-39(46)37-17-3-4-18-38(37)40-20-7-12-26-47(40)58/h3-35H,1-2H3. The summed E-state index contributed by atoms with van der Waals surface area (Å²) in [5.74, 6) is 0. The molecule has 1 aromatic heterocycles. The SMILES string of the molecule is CC1(C)c2ccccc2-c2ccc(N(c3cccc4c3-c3ccccc3C43c4ccccc4-c4ccccc4-c4ccccc43)c3cccc4oc5ccccc5c34)cc21.